The molecule has 11 heteroatoms. The summed E-state index contributed by atoms with van der Waals surface area (Å²) in [5, 5.41) is 6.80. The normalized spacial score (nSPS) is 16.5. The Hall–Kier alpha value is -4.93. The molecule has 1 saturated carbocycles. The molecule has 1 aliphatic rings. The molecule has 2 heterocycles. The molecular formula is C32H34N4O7. The minimum absolute atomic E-state index is 0.109. The standard InChI is InChI=1S/C32H34N4O7/c1-19(37)43-18-26(39)33-22-14-8-9-15-23(22)34-31(40)29-30(42-3)27-28(35(29)2)21-13-7-10-16-24(21)36(32(27)41)17-25(38)20-11-5-4-6-12-20/h4-7,10-13,16,22-23H,8-9,14-15,17-18H2,1-3H3,(H,33,39)(H,34,40). The average molecular weight is 587 g/mol. The monoisotopic (exact) mass is 586 g/mol. The van der Waals surface area contributed by atoms with Crippen LogP contribution in [0.4, 0.5) is 0 Å². The van der Waals surface area contributed by atoms with Crippen LogP contribution in [0.2, 0.25) is 0 Å². The highest BCUT2D eigenvalue weighted by Gasteiger charge is 2.32. The van der Waals surface area contributed by atoms with Crippen molar-refractivity contribution in [2.75, 3.05) is 13.7 Å². The van der Waals surface area contributed by atoms with E-state index in [1.807, 2.05) is 18.2 Å². The number of nitrogens with zero attached hydrogens (tertiary/aromatic N) is 2. The lowest BCUT2D eigenvalue weighted by molar-refractivity contribution is -0.146. The van der Waals surface area contributed by atoms with Gasteiger partial charge in [0.25, 0.3) is 17.4 Å². The fourth-order valence-electron chi connectivity index (χ4n) is 5.92. The number of rotatable bonds is 9. The van der Waals surface area contributed by atoms with Crippen molar-refractivity contribution < 1.29 is 28.7 Å². The van der Waals surface area contributed by atoms with E-state index in [4.69, 9.17) is 9.47 Å². The summed E-state index contributed by atoms with van der Waals surface area (Å²) < 4.78 is 13.6. The number of hydrogen-bond acceptors (Lipinski definition) is 7. The van der Waals surface area contributed by atoms with E-state index in [1.165, 1.54) is 18.6 Å². The number of aryl methyl sites for hydroxylation is 1. The van der Waals surface area contributed by atoms with Crippen LogP contribution < -0.4 is 20.9 Å². The van der Waals surface area contributed by atoms with Crippen molar-refractivity contribution in [2.45, 2.75) is 51.2 Å². The number of carbonyl (C=O) groups is 4. The molecule has 2 unspecified atom stereocenters. The summed E-state index contributed by atoms with van der Waals surface area (Å²) in [4.78, 5) is 64.6. The SMILES string of the molecule is COc1c(C(=O)NC2CCCCC2NC(=O)COC(C)=O)n(C)c2c1c(=O)n(CC(=O)c1ccccc1)c1ccccc21. The number of Topliss-reactive ketones (excluding diaryl/α,β-unsaturated/α-hetero) is 1. The summed E-state index contributed by atoms with van der Waals surface area (Å²) in [6.45, 7) is 0.651. The molecule has 2 amide bonds. The Morgan fingerprint density at radius 3 is 2.26 bits per heavy atom. The zero-order chi connectivity index (χ0) is 30.7. The largest absolute Gasteiger partial charge is 0.493 e. The second-order valence-electron chi connectivity index (χ2n) is 10.7. The lowest BCUT2D eigenvalue weighted by Gasteiger charge is -2.32. The summed E-state index contributed by atoms with van der Waals surface area (Å²) in [6.07, 6.45) is 3.01. The molecule has 2 aromatic carbocycles. The molecule has 0 bridgehead atoms. The summed E-state index contributed by atoms with van der Waals surface area (Å²) in [5.41, 5.74) is 1.27. The number of esters is 1. The number of pyridine rings is 1. The number of fused-ring (bicyclic) bond motifs is 3. The first-order valence-electron chi connectivity index (χ1n) is 14.2. The van der Waals surface area contributed by atoms with Gasteiger partial charge in [0.2, 0.25) is 0 Å². The molecule has 1 aliphatic carbocycles. The lowest BCUT2D eigenvalue weighted by Crippen LogP contribution is -2.54. The molecule has 0 radical (unpaired) electrons. The molecule has 224 valence electrons. The van der Waals surface area contributed by atoms with Crippen molar-refractivity contribution in [2.24, 2.45) is 7.05 Å². The van der Waals surface area contributed by atoms with E-state index < -0.39 is 29.9 Å². The zero-order valence-corrected chi connectivity index (χ0v) is 24.3. The molecule has 4 aromatic rings. The molecule has 0 aliphatic heterocycles. The highest BCUT2D eigenvalue weighted by atomic mass is 16.5. The number of carbonyl (C=O) groups excluding carboxylic acids is 4. The number of ether oxygens (including phenoxy) is 2. The molecule has 2 atom stereocenters. The van der Waals surface area contributed by atoms with Gasteiger partial charge >= 0.3 is 5.97 Å². The fourth-order valence-corrected chi connectivity index (χ4v) is 5.92. The molecule has 2 aromatic heterocycles. The Kier molecular flexibility index (Phi) is 8.61. The fraction of sp³-hybridized carbons (Fsp3) is 0.344. The maximum Gasteiger partial charge on any atom is 0.303 e. The second kappa shape index (κ2) is 12.5. The number of benzene rings is 2. The summed E-state index contributed by atoms with van der Waals surface area (Å²) in [7, 11) is 3.10. The van der Waals surface area contributed by atoms with Gasteiger partial charge in [0.05, 0.1) is 24.7 Å². The highest BCUT2D eigenvalue weighted by Crippen LogP contribution is 2.35. The predicted molar refractivity (Wildman–Crippen MR) is 160 cm³/mol. The maximum atomic E-state index is 14.1. The zero-order valence-electron chi connectivity index (χ0n) is 24.3. The number of amides is 2. The van der Waals surface area contributed by atoms with Crippen LogP contribution in [0, 0.1) is 0 Å². The van der Waals surface area contributed by atoms with Gasteiger partial charge in [0.15, 0.2) is 23.8 Å². The molecule has 5 rings (SSSR count). The van der Waals surface area contributed by atoms with Crippen molar-refractivity contribution in [3.05, 3.63) is 76.2 Å². The molecule has 1 fully saturated rings. The number of para-hydroxylation sites is 1. The molecule has 0 saturated heterocycles. The van der Waals surface area contributed by atoms with Gasteiger partial charge in [-0.2, -0.15) is 0 Å². The first-order valence-corrected chi connectivity index (χ1v) is 14.2. The van der Waals surface area contributed by atoms with Gasteiger partial charge in [0.1, 0.15) is 5.39 Å². The van der Waals surface area contributed by atoms with E-state index in [9.17, 15) is 24.0 Å². The third kappa shape index (κ3) is 5.88. The van der Waals surface area contributed by atoms with Crippen molar-refractivity contribution in [3.63, 3.8) is 0 Å². The van der Waals surface area contributed by atoms with Crippen molar-refractivity contribution in [1.82, 2.24) is 19.8 Å². The Labute approximate surface area is 247 Å². The second-order valence-corrected chi connectivity index (χ2v) is 10.7. The molecular weight excluding hydrogens is 552 g/mol. The van der Waals surface area contributed by atoms with Gasteiger partial charge in [-0.1, -0.05) is 61.4 Å². The summed E-state index contributed by atoms with van der Waals surface area (Å²) in [5.74, 6) is -1.57. The third-order valence-electron chi connectivity index (χ3n) is 7.91. The lowest BCUT2D eigenvalue weighted by atomic mass is 9.90. The minimum atomic E-state index is -0.553. The van der Waals surface area contributed by atoms with Crippen molar-refractivity contribution in [3.8, 4) is 5.75 Å². The topological polar surface area (TPSA) is 138 Å². The average Bonchev–Trinajstić information content (AvgIpc) is 3.31. The van der Waals surface area contributed by atoms with Crippen LogP contribution in [0.5, 0.6) is 5.75 Å². The minimum Gasteiger partial charge on any atom is -0.493 e. The van der Waals surface area contributed by atoms with Crippen LogP contribution in [-0.4, -0.2) is 58.5 Å². The number of hydrogen-bond donors (Lipinski definition) is 2. The number of nitrogens with one attached hydrogen (secondary N) is 2. The molecule has 2 N–H and O–H groups in total. The Morgan fingerprint density at radius 2 is 1.58 bits per heavy atom. The Morgan fingerprint density at radius 1 is 0.930 bits per heavy atom. The highest BCUT2D eigenvalue weighted by molar-refractivity contribution is 6.12. The summed E-state index contributed by atoms with van der Waals surface area (Å²) in [6, 6.07) is 15.3. The van der Waals surface area contributed by atoms with Gasteiger partial charge in [-0.3, -0.25) is 28.5 Å². The maximum absolute atomic E-state index is 14.1. The van der Waals surface area contributed by atoms with Crippen LogP contribution in [0.1, 0.15) is 53.5 Å². The Bertz CT molecular complexity index is 1770. The molecule has 11 nitrogen and oxygen atoms in total. The first kappa shape index (κ1) is 29.6. The van der Waals surface area contributed by atoms with Crippen LogP contribution in [0.25, 0.3) is 21.8 Å². The van der Waals surface area contributed by atoms with E-state index in [-0.39, 0.29) is 41.2 Å². The van der Waals surface area contributed by atoms with E-state index >= 15 is 0 Å². The number of methoxy groups -OCH3 is 1. The van der Waals surface area contributed by atoms with Crippen molar-refractivity contribution >= 4 is 45.4 Å². The van der Waals surface area contributed by atoms with E-state index in [1.54, 1.807) is 48.0 Å². The van der Waals surface area contributed by atoms with Crippen LogP contribution >= 0.6 is 0 Å². The van der Waals surface area contributed by atoms with Crippen LogP contribution in [0.15, 0.2) is 59.4 Å². The van der Waals surface area contributed by atoms with E-state index in [0.29, 0.717) is 34.8 Å². The van der Waals surface area contributed by atoms with Gasteiger partial charge in [-0.05, 0) is 18.9 Å². The predicted octanol–water partition coefficient (Wildman–Crippen LogP) is 3.11. The number of ketones is 1. The van der Waals surface area contributed by atoms with E-state index in [2.05, 4.69) is 10.6 Å². The Balaban J connectivity index is 1.53. The van der Waals surface area contributed by atoms with Gasteiger partial charge in [0, 0.05) is 37.0 Å². The van der Waals surface area contributed by atoms with Gasteiger partial charge in [-0.25, -0.2) is 0 Å². The van der Waals surface area contributed by atoms with E-state index in [0.717, 1.165) is 12.8 Å². The van der Waals surface area contributed by atoms with Gasteiger partial charge < -0.3 is 24.7 Å². The summed E-state index contributed by atoms with van der Waals surface area (Å²) >= 11 is 0. The smallest absolute Gasteiger partial charge is 0.303 e. The van der Waals surface area contributed by atoms with Crippen LogP contribution in [0.3, 0.4) is 0 Å². The quantitative estimate of drug-likeness (QED) is 0.227. The first-order chi connectivity index (χ1) is 20.7. The molecule has 43 heavy (non-hydrogen) atoms. The molecule has 0 spiro atoms. The van der Waals surface area contributed by atoms with Crippen molar-refractivity contribution in [1.29, 1.82) is 0 Å². The number of aromatic nitrogens is 2. The van der Waals surface area contributed by atoms with Crippen LogP contribution in [-0.2, 0) is 27.9 Å². The third-order valence-corrected chi connectivity index (χ3v) is 7.91. The van der Waals surface area contributed by atoms with Gasteiger partial charge in [-0.15, -0.1) is 0 Å².